The van der Waals surface area contributed by atoms with Gasteiger partial charge in [0, 0.05) is 23.5 Å². The standard InChI is InChI=1S/C11H14N2O3S/c14-13(15)11-4-2-8(17-11)6-12-9-5-7-1-3-10(9)16-7/h2,4,7,9-10,12H,1,3,5-6H2. The third-order valence-electron chi connectivity index (χ3n) is 3.47. The zero-order valence-corrected chi connectivity index (χ0v) is 10.1. The van der Waals surface area contributed by atoms with Gasteiger partial charge in [0.25, 0.3) is 0 Å². The summed E-state index contributed by atoms with van der Waals surface area (Å²) in [5.41, 5.74) is 0. The summed E-state index contributed by atoms with van der Waals surface area (Å²) in [6.45, 7) is 0.704. The lowest BCUT2D eigenvalue weighted by Crippen LogP contribution is -2.36. The molecule has 0 aromatic carbocycles. The quantitative estimate of drug-likeness (QED) is 0.660. The van der Waals surface area contributed by atoms with Crippen molar-refractivity contribution >= 4 is 16.3 Å². The van der Waals surface area contributed by atoms with Gasteiger partial charge in [-0.15, -0.1) is 0 Å². The maximum absolute atomic E-state index is 10.6. The topological polar surface area (TPSA) is 64.4 Å². The SMILES string of the molecule is O=[N+]([O-])c1ccc(CNC2CC3CCC2O3)s1. The molecular formula is C11H14N2O3S. The molecule has 1 N–H and O–H groups in total. The number of nitrogens with zero attached hydrogens (tertiary/aromatic N) is 1. The van der Waals surface area contributed by atoms with Gasteiger partial charge in [0.2, 0.25) is 0 Å². The normalized spacial score (nSPS) is 30.9. The smallest absolute Gasteiger partial charge is 0.324 e. The van der Waals surface area contributed by atoms with Gasteiger partial charge in [-0.05, 0) is 25.3 Å². The monoisotopic (exact) mass is 254 g/mol. The van der Waals surface area contributed by atoms with E-state index in [-0.39, 0.29) is 9.92 Å². The highest BCUT2D eigenvalue weighted by molar-refractivity contribution is 7.15. The van der Waals surface area contributed by atoms with E-state index in [4.69, 9.17) is 4.74 Å². The van der Waals surface area contributed by atoms with Crippen LogP contribution in [-0.2, 0) is 11.3 Å². The van der Waals surface area contributed by atoms with Crippen LogP contribution in [0.25, 0.3) is 0 Å². The Kier molecular flexibility index (Phi) is 2.85. The van der Waals surface area contributed by atoms with E-state index in [9.17, 15) is 10.1 Å². The first kappa shape index (κ1) is 11.1. The van der Waals surface area contributed by atoms with E-state index in [0.29, 0.717) is 24.8 Å². The summed E-state index contributed by atoms with van der Waals surface area (Å²) in [4.78, 5) is 11.2. The predicted octanol–water partition coefficient (Wildman–Crippen LogP) is 2.07. The zero-order chi connectivity index (χ0) is 11.8. The van der Waals surface area contributed by atoms with Crippen molar-refractivity contribution in [1.29, 1.82) is 0 Å². The van der Waals surface area contributed by atoms with E-state index in [2.05, 4.69) is 5.32 Å². The van der Waals surface area contributed by atoms with E-state index >= 15 is 0 Å². The maximum Gasteiger partial charge on any atom is 0.324 e. The summed E-state index contributed by atoms with van der Waals surface area (Å²) in [6.07, 6.45) is 4.21. The largest absolute Gasteiger partial charge is 0.373 e. The number of thiophene rings is 1. The third kappa shape index (κ3) is 2.20. The van der Waals surface area contributed by atoms with Crippen molar-refractivity contribution in [2.24, 2.45) is 0 Å². The molecule has 1 aromatic heterocycles. The van der Waals surface area contributed by atoms with Gasteiger partial charge in [-0.1, -0.05) is 11.3 Å². The minimum atomic E-state index is -0.338. The van der Waals surface area contributed by atoms with Crippen LogP contribution in [0, 0.1) is 10.1 Å². The number of hydrogen-bond donors (Lipinski definition) is 1. The van der Waals surface area contributed by atoms with Gasteiger partial charge in [-0.25, -0.2) is 0 Å². The summed E-state index contributed by atoms with van der Waals surface area (Å²) in [5.74, 6) is 0. The van der Waals surface area contributed by atoms with Gasteiger partial charge < -0.3 is 10.1 Å². The third-order valence-corrected chi connectivity index (χ3v) is 4.51. The Morgan fingerprint density at radius 2 is 2.41 bits per heavy atom. The maximum atomic E-state index is 10.6. The number of fused-ring (bicyclic) bond motifs is 2. The van der Waals surface area contributed by atoms with Gasteiger partial charge in [0.15, 0.2) is 0 Å². The van der Waals surface area contributed by atoms with E-state index in [1.165, 1.54) is 17.8 Å². The predicted molar refractivity (Wildman–Crippen MR) is 64.1 cm³/mol. The fraction of sp³-hybridized carbons (Fsp3) is 0.636. The number of nitro groups is 1. The van der Waals surface area contributed by atoms with Crippen molar-refractivity contribution < 1.29 is 9.66 Å². The second-order valence-electron chi connectivity index (χ2n) is 4.59. The second-order valence-corrected chi connectivity index (χ2v) is 5.74. The lowest BCUT2D eigenvalue weighted by Gasteiger charge is -2.19. The first-order chi connectivity index (χ1) is 8.22. The van der Waals surface area contributed by atoms with Gasteiger partial charge in [0.1, 0.15) is 0 Å². The molecule has 5 nitrogen and oxygen atoms in total. The molecule has 2 saturated heterocycles. The van der Waals surface area contributed by atoms with Gasteiger partial charge >= 0.3 is 5.00 Å². The lowest BCUT2D eigenvalue weighted by atomic mass is 9.95. The average Bonchev–Trinajstić information content (AvgIpc) is 3.02. The van der Waals surface area contributed by atoms with Crippen LogP contribution in [0.3, 0.4) is 0 Å². The molecule has 3 rings (SSSR count). The van der Waals surface area contributed by atoms with Gasteiger partial charge in [-0.3, -0.25) is 10.1 Å². The van der Waals surface area contributed by atoms with Crippen LogP contribution >= 0.6 is 11.3 Å². The molecule has 92 valence electrons. The van der Waals surface area contributed by atoms with E-state index in [0.717, 1.165) is 17.7 Å². The minimum absolute atomic E-state index is 0.214. The van der Waals surface area contributed by atoms with E-state index in [1.54, 1.807) is 6.07 Å². The lowest BCUT2D eigenvalue weighted by molar-refractivity contribution is -0.380. The highest BCUT2D eigenvalue weighted by Crippen LogP contribution is 2.34. The molecule has 3 atom stereocenters. The molecule has 17 heavy (non-hydrogen) atoms. The van der Waals surface area contributed by atoms with Gasteiger partial charge in [0.05, 0.1) is 17.1 Å². The minimum Gasteiger partial charge on any atom is -0.373 e. The zero-order valence-electron chi connectivity index (χ0n) is 9.30. The van der Waals surface area contributed by atoms with Crippen LogP contribution in [0.4, 0.5) is 5.00 Å². The molecule has 2 fully saturated rings. The fourth-order valence-electron chi connectivity index (χ4n) is 2.64. The average molecular weight is 254 g/mol. The summed E-state index contributed by atoms with van der Waals surface area (Å²) < 4.78 is 5.75. The summed E-state index contributed by atoms with van der Waals surface area (Å²) in [5, 5.41) is 14.2. The Hall–Kier alpha value is -0.980. The molecule has 2 aliphatic heterocycles. The molecule has 3 unspecified atom stereocenters. The van der Waals surface area contributed by atoms with Crippen molar-refractivity contribution in [3.8, 4) is 0 Å². The van der Waals surface area contributed by atoms with Crippen molar-refractivity contribution in [2.45, 2.75) is 44.1 Å². The summed E-state index contributed by atoms with van der Waals surface area (Å²) in [6, 6.07) is 3.82. The van der Waals surface area contributed by atoms with Crippen LogP contribution < -0.4 is 5.32 Å². The van der Waals surface area contributed by atoms with Crippen molar-refractivity contribution in [2.75, 3.05) is 0 Å². The number of hydrogen-bond acceptors (Lipinski definition) is 5. The van der Waals surface area contributed by atoms with Crippen molar-refractivity contribution in [1.82, 2.24) is 5.32 Å². The number of ether oxygens (including phenoxy) is 1. The van der Waals surface area contributed by atoms with Crippen molar-refractivity contribution in [3.05, 3.63) is 27.1 Å². The molecule has 3 heterocycles. The Morgan fingerprint density at radius 3 is 3.00 bits per heavy atom. The number of nitrogens with one attached hydrogen (secondary N) is 1. The van der Waals surface area contributed by atoms with Crippen LogP contribution in [-0.4, -0.2) is 23.2 Å². The Labute approximate surface area is 103 Å². The molecule has 0 spiro atoms. The van der Waals surface area contributed by atoms with Gasteiger partial charge in [-0.2, -0.15) is 0 Å². The molecule has 2 aliphatic rings. The molecule has 0 amide bonds. The Morgan fingerprint density at radius 1 is 1.53 bits per heavy atom. The first-order valence-corrected chi connectivity index (χ1v) is 6.66. The van der Waals surface area contributed by atoms with Crippen molar-refractivity contribution in [3.63, 3.8) is 0 Å². The Bertz CT molecular complexity index is 434. The van der Waals surface area contributed by atoms with E-state index < -0.39 is 0 Å². The second kappa shape index (κ2) is 4.36. The summed E-state index contributed by atoms with van der Waals surface area (Å²) >= 11 is 1.24. The summed E-state index contributed by atoms with van der Waals surface area (Å²) in [7, 11) is 0. The Balaban J connectivity index is 1.55. The van der Waals surface area contributed by atoms with Crippen LogP contribution in [0.5, 0.6) is 0 Å². The van der Waals surface area contributed by atoms with E-state index in [1.807, 2.05) is 6.07 Å². The molecule has 0 saturated carbocycles. The molecule has 0 radical (unpaired) electrons. The first-order valence-electron chi connectivity index (χ1n) is 5.84. The number of rotatable bonds is 4. The molecule has 6 heteroatoms. The highest BCUT2D eigenvalue weighted by Gasteiger charge is 2.40. The molecule has 0 aliphatic carbocycles. The van der Waals surface area contributed by atoms with Crippen LogP contribution in [0.15, 0.2) is 12.1 Å². The molecule has 2 bridgehead atoms. The molecule has 1 aromatic rings. The van der Waals surface area contributed by atoms with Crippen LogP contribution in [0.1, 0.15) is 24.1 Å². The highest BCUT2D eigenvalue weighted by atomic mass is 32.1. The molecular weight excluding hydrogens is 240 g/mol. The van der Waals surface area contributed by atoms with Crippen LogP contribution in [0.2, 0.25) is 0 Å². The fourth-order valence-corrected chi connectivity index (χ4v) is 3.41.